The fourth-order valence-electron chi connectivity index (χ4n) is 2.50. The van der Waals surface area contributed by atoms with Crippen molar-refractivity contribution in [1.29, 1.82) is 0 Å². The number of aliphatic carboxylic acids is 1. The summed E-state index contributed by atoms with van der Waals surface area (Å²) in [5.74, 6) is -0.893. The molecule has 2 atom stereocenters. The van der Waals surface area contributed by atoms with Crippen molar-refractivity contribution in [3.8, 4) is 0 Å². The fourth-order valence-corrected chi connectivity index (χ4v) is 2.82. The zero-order valence-corrected chi connectivity index (χ0v) is 12.9. The van der Waals surface area contributed by atoms with Gasteiger partial charge in [0.2, 0.25) is 0 Å². The lowest BCUT2D eigenvalue weighted by Gasteiger charge is -2.37. The van der Waals surface area contributed by atoms with Gasteiger partial charge in [-0.15, -0.1) is 0 Å². The molecule has 0 aromatic heterocycles. The van der Waals surface area contributed by atoms with Crippen LogP contribution >= 0.6 is 0 Å². The summed E-state index contributed by atoms with van der Waals surface area (Å²) in [5, 5.41) is 14.4. The molecule has 0 bridgehead atoms. The van der Waals surface area contributed by atoms with Gasteiger partial charge in [-0.2, -0.15) is 0 Å². The Balaban J connectivity index is 2.54. The summed E-state index contributed by atoms with van der Waals surface area (Å²) >= 11 is 0. The minimum Gasteiger partial charge on any atom is -0.481 e. The van der Waals surface area contributed by atoms with Crippen LogP contribution in [0, 0.1) is 0 Å². The minimum atomic E-state index is -0.990. The number of hydrogen-bond acceptors (Lipinski definition) is 3. The van der Waals surface area contributed by atoms with Crippen molar-refractivity contribution < 1.29 is 18.9 Å². The van der Waals surface area contributed by atoms with E-state index in [1.54, 1.807) is 13.2 Å². The number of rotatable bonds is 6. The number of hydrogen-bond donors (Lipinski definition) is 3. The Morgan fingerprint density at radius 3 is 2.40 bits per heavy atom. The Labute approximate surface area is 122 Å². The highest BCUT2D eigenvalue weighted by atomic mass is 32.2. The maximum atomic E-state index is 11.9. The molecule has 116 valence electrons. The zero-order chi connectivity index (χ0) is 15.2. The van der Waals surface area contributed by atoms with Crippen LogP contribution in [0.3, 0.4) is 0 Å². The summed E-state index contributed by atoms with van der Waals surface area (Å²) in [4.78, 5) is 22.9. The van der Waals surface area contributed by atoms with Gasteiger partial charge in [0.05, 0.1) is 12.0 Å². The molecule has 0 saturated heterocycles. The molecule has 3 N–H and O–H groups in total. The minimum absolute atomic E-state index is 0.0460. The molecule has 7 heteroatoms. The lowest BCUT2D eigenvalue weighted by atomic mass is 9.79. The zero-order valence-electron chi connectivity index (χ0n) is 12.1. The molecular weight excluding hydrogens is 280 g/mol. The van der Waals surface area contributed by atoms with E-state index >= 15 is 0 Å². The van der Waals surface area contributed by atoms with E-state index in [2.05, 4.69) is 10.6 Å². The van der Waals surface area contributed by atoms with E-state index in [0.717, 1.165) is 19.3 Å². The summed E-state index contributed by atoms with van der Waals surface area (Å²) in [6.07, 6.45) is 5.89. The van der Waals surface area contributed by atoms with E-state index in [0.29, 0.717) is 19.4 Å². The smallest absolute Gasteiger partial charge is 0.315 e. The molecule has 0 aliphatic heterocycles. The van der Waals surface area contributed by atoms with Crippen molar-refractivity contribution >= 4 is 22.8 Å². The lowest BCUT2D eigenvalue weighted by Crippen LogP contribution is -2.55. The number of carboxylic acids is 1. The summed E-state index contributed by atoms with van der Waals surface area (Å²) < 4.78 is 11.2. The number of carboxylic acid groups (broad SMARTS) is 1. The Kier molecular flexibility index (Phi) is 6.45. The molecule has 0 aromatic rings. The monoisotopic (exact) mass is 304 g/mol. The van der Waals surface area contributed by atoms with E-state index < -0.39 is 22.3 Å². The highest BCUT2D eigenvalue weighted by Crippen LogP contribution is 2.31. The van der Waals surface area contributed by atoms with Gasteiger partial charge >= 0.3 is 12.0 Å². The van der Waals surface area contributed by atoms with E-state index in [-0.39, 0.29) is 17.7 Å². The molecule has 0 radical (unpaired) electrons. The molecule has 0 heterocycles. The quantitative estimate of drug-likeness (QED) is 0.688. The molecular formula is C13H24N2O4S. The first-order chi connectivity index (χ1) is 9.34. The Bertz CT molecular complexity index is 381. The van der Waals surface area contributed by atoms with Gasteiger partial charge in [0.1, 0.15) is 0 Å². The van der Waals surface area contributed by atoms with Gasteiger partial charge in [-0.1, -0.05) is 19.3 Å². The average Bonchev–Trinajstić information content (AvgIpc) is 2.35. The topological polar surface area (TPSA) is 95.5 Å². The molecule has 1 fully saturated rings. The normalized spacial score (nSPS) is 20.7. The van der Waals surface area contributed by atoms with Gasteiger partial charge < -0.3 is 15.7 Å². The number of carbonyl (C=O) groups excluding carboxylic acids is 1. The second-order valence-corrected chi connectivity index (χ2v) is 7.36. The van der Waals surface area contributed by atoms with E-state index in [4.69, 9.17) is 5.11 Å². The summed E-state index contributed by atoms with van der Waals surface area (Å²) in [5.41, 5.74) is -0.636. The highest BCUT2D eigenvalue weighted by Gasteiger charge is 2.35. The highest BCUT2D eigenvalue weighted by molar-refractivity contribution is 7.84. The molecule has 1 rings (SSSR count). The Hall–Kier alpha value is -1.11. The van der Waals surface area contributed by atoms with Gasteiger partial charge in [-0.25, -0.2) is 4.79 Å². The van der Waals surface area contributed by atoms with Gasteiger partial charge in [-0.05, 0) is 19.8 Å². The lowest BCUT2D eigenvalue weighted by molar-refractivity contribution is -0.139. The maximum Gasteiger partial charge on any atom is 0.315 e. The van der Waals surface area contributed by atoms with E-state index in [1.165, 1.54) is 0 Å². The molecule has 0 aromatic carbocycles. The standard InChI is InChI=1S/C13H24N2O4S/c1-10(20(2)19)9-14-12(18)15-13(8-11(16)17)6-4-3-5-7-13/h10H,3-9H2,1-2H3,(H,16,17)(H2,14,15,18). The molecule has 1 aliphatic rings. The summed E-state index contributed by atoms with van der Waals surface area (Å²) in [6.45, 7) is 2.11. The molecule has 0 spiro atoms. The SMILES string of the molecule is CC(CNC(=O)NC1(CC(=O)O)CCCCC1)S(C)=O. The van der Waals surface area contributed by atoms with Gasteiger partial charge in [-0.3, -0.25) is 9.00 Å². The number of carbonyl (C=O) groups is 2. The van der Waals surface area contributed by atoms with Crippen LogP contribution in [-0.2, 0) is 15.6 Å². The molecule has 1 saturated carbocycles. The number of nitrogens with one attached hydrogen (secondary N) is 2. The molecule has 20 heavy (non-hydrogen) atoms. The molecule has 2 unspecified atom stereocenters. The maximum absolute atomic E-state index is 11.9. The average molecular weight is 304 g/mol. The van der Waals surface area contributed by atoms with Crippen LogP contribution in [0.1, 0.15) is 45.4 Å². The van der Waals surface area contributed by atoms with Crippen LogP contribution in [0.2, 0.25) is 0 Å². The number of amides is 2. The molecule has 1 aliphatic carbocycles. The Morgan fingerprint density at radius 2 is 1.90 bits per heavy atom. The predicted molar refractivity (Wildman–Crippen MR) is 78.1 cm³/mol. The van der Waals surface area contributed by atoms with Crippen molar-refractivity contribution in [1.82, 2.24) is 10.6 Å². The van der Waals surface area contributed by atoms with Crippen molar-refractivity contribution in [3.63, 3.8) is 0 Å². The third-order valence-corrected chi connectivity index (χ3v) is 5.10. The van der Waals surface area contributed by atoms with Crippen molar-refractivity contribution in [2.24, 2.45) is 0 Å². The van der Waals surface area contributed by atoms with Crippen LogP contribution in [0.15, 0.2) is 0 Å². The van der Waals surface area contributed by atoms with Gasteiger partial charge in [0.25, 0.3) is 0 Å². The van der Waals surface area contributed by atoms with Crippen LogP contribution in [-0.4, -0.2) is 44.9 Å². The van der Waals surface area contributed by atoms with E-state index in [9.17, 15) is 13.8 Å². The summed E-state index contributed by atoms with van der Waals surface area (Å²) in [7, 11) is -0.990. The predicted octanol–water partition coefficient (Wildman–Crippen LogP) is 1.23. The van der Waals surface area contributed by atoms with Gasteiger partial charge in [0.15, 0.2) is 0 Å². The molecule has 6 nitrogen and oxygen atoms in total. The van der Waals surface area contributed by atoms with Crippen LogP contribution in [0.5, 0.6) is 0 Å². The largest absolute Gasteiger partial charge is 0.481 e. The summed E-state index contributed by atoms with van der Waals surface area (Å²) in [6, 6.07) is -0.370. The second kappa shape index (κ2) is 7.61. The number of urea groups is 1. The van der Waals surface area contributed by atoms with E-state index in [1.807, 2.05) is 0 Å². The first-order valence-corrected chi connectivity index (χ1v) is 8.57. The second-order valence-electron chi connectivity index (χ2n) is 5.56. The molecule has 2 amide bonds. The van der Waals surface area contributed by atoms with Crippen molar-refractivity contribution in [2.45, 2.75) is 56.2 Å². The van der Waals surface area contributed by atoms with Crippen molar-refractivity contribution in [3.05, 3.63) is 0 Å². The fraction of sp³-hybridized carbons (Fsp3) is 0.846. The first kappa shape index (κ1) is 16.9. The Morgan fingerprint density at radius 1 is 1.30 bits per heavy atom. The van der Waals surface area contributed by atoms with Gasteiger partial charge in [0, 0.05) is 28.9 Å². The van der Waals surface area contributed by atoms with Crippen molar-refractivity contribution in [2.75, 3.05) is 12.8 Å². The third-order valence-electron chi connectivity index (χ3n) is 3.80. The van der Waals surface area contributed by atoms with Crippen LogP contribution in [0.25, 0.3) is 0 Å². The third kappa shape index (κ3) is 5.48. The van der Waals surface area contributed by atoms with Crippen LogP contribution in [0.4, 0.5) is 4.79 Å². The van der Waals surface area contributed by atoms with Crippen LogP contribution < -0.4 is 10.6 Å². The first-order valence-electron chi connectivity index (χ1n) is 6.95.